The SMILES string of the molecule is CC1CCCCC1NC(=NCCO)Nc1ccccc1O. The van der Waals surface area contributed by atoms with Crippen molar-refractivity contribution < 1.29 is 10.2 Å². The van der Waals surface area contributed by atoms with Gasteiger partial charge >= 0.3 is 0 Å². The molecule has 4 N–H and O–H groups in total. The third kappa shape index (κ3) is 4.63. The Morgan fingerprint density at radius 1 is 1.29 bits per heavy atom. The average molecular weight is 291 g/mol. The van der Waals surface area contributed by atoms with E-state index in [1.807, 2.05) is 6.07 Å². The van der Waals surface area contributed by atoms with E-state index in [0.29, 0.717) is 30.2 Å². The summed E-state index contributed by atoms with van der Waals surface area (Å²) in [6.45, 7) is 2.60. The van der Waals surface area contributed by atoms with Gasteiger partial charge in [-0.1, -0.05) is 31.9 Å². The van der Waals surface area contributed by atoms with Crippen LogP contribution in [0.4, 0.5) is 5.69 Å². The summed E-state index contributed by atoms with van der Waals surface area (Å²) in [7, 11) is 0. The maximum atomic E-state index is 9.85. The van der Waals surface area contributed by atoms with E-state index in [9.17, 15) is 5.11 Å². The van der Waals surface area contributed by atoms with Gasteiger partial charge in [-0.2, -0.15) is 0 Å². The summed E-state index contributed by atoms with van der Waals surface area (Å²) in [6.07, 6.45) is 4.87. The van der Waals surface area contributed by atoms with Crippen LogP contribution in [-0.2, 0) is 0 Å². The Balaban J connectivity index is 2.06. The molecule has 2 unspecified atom stereocenters. The number of guanidine groups is 1. The molecule has 5 heteroatoms. The lowest BCUT2D eigenvalue weighted by Gasteiger charge is -2.31. The molecule has 1 aliphatic carbocycles. The van der Waals surface area contributed by atoms with Gasteiger partial charge in [0.25, 0.3) is 0 Å². The number of aliphatic hydroxyl groups excluding tert-OH is 1. The number of aliphatic imine (C=N–C) groups is 1. The van der Waals surface area contributed by atoms with Gasteiger partial charge in [0.15, 0.2) is 5.96 Å². The zero-order valence-corrected chi connectivity index (χ0v) is 12.5. The van der Waals surface area contributed by atoms with Gasteiger partial charge in [-0.05, 0) is 30.9 Å². The first kappa shape index (κ1) is 15.6. The van der Waals surface area contributed by atoms with Gasteiger partial charge < -0.3 is 20.8 Å². The number of phenolic OH excluding ortho intramolecular Hbond substituents is 1. The summed E-state index contributed by atoms with van der Waals surface area (Å²) in [4.78, 5) is 4.34. The summed E-state index contributed by atoms with van der Waals surface area (Å²) >= 11 is 0. The van der Waals surface area contributed by atoms with Crippen LogP contribution in [0.25, 0.3) is 0 Å². The van der Waals surface area contributed by atoms with Crippen LogP contribution in [0, 0.1) is 5.92 Å². The minimum atomic E-state index is 0.00779. The Bertz CT molecular complexity index is 476. The summed E-state index contributed by atoms with van der Waals surface area (Å²) < 4.78 is 0. The molecule has 0 saturated heterocycles. The Morgan fingerprint density at radius 2 is 2.05 bits per heavy atom. The van der Waals surface area contributed by atoms with E-state index in [2.05, 4.69) is 22.5 Å². The topological polar surface area (TPSA) is 76.9 Å². The fraction of sp³-hybridized carbons (Fsp3) is 0.562. The highest BCUT2D eigenvalue weighted by molar-refractivity contribution is 5.95. The monoisotopic (exact) mass is 291 g/mol. The number of para-hydroxylation sites is 2. The smallest absolute Gasteiger partial charge is 0.196 e. The van der Waals surface area contributed by atoms with E-state index < -0.39 is 0 Å². The van der Waals surface area contributed by atoms with E-state index in [0.717, 1.165) is 6.42 Å². The van der Waals surface area contributed by atoms with Crippen LogP contribution in [0.2, 0.25) is 0 Å². The van der Waals surface area contributed by atoms with E-state index >= 15 is 0 Å². The molecule has 1 aliphatic rings. The summed E-state index contributed by atoms with van der Waals surface area (Å²) in [6, 6.07) is 7.45. The van der Waals surface area contributed by atoms with E-state index in [4.69, 9.17) is 5.11 Å². The van der Waals surface area contributed by atoms with Crippen molar-refractivity contribution in [3.63, 3.8) is 0 Å². The molecule has 1 aromatic rings. The predicted molar refractivity (Wildman–Crippen MR) is 85.7 cm³/mol. The maximum absolute atomic E-state index is 9.85. The highest BCUT2D eigenvalue weighted by Gasteiger charge is 2.22. The number of aliphatic hydroxyl groups is 1. The Kier molecular flexibility index (Phi) is 5.87. The van der Waals surface area contributed by atoms with Crippen LogP contribution in [0.5, 0.6) is 5.75 Å². The Labute approximate surface area is 126 Å². The number of rotatable bonds is 4. The lowest BCUT2D eigenvalue weighted by atomic mass is 9.86. The maximum Gasteiger partial charge on any atom is 0.196 e. The van der Waals surface area contributed by atoms with Crippen molar-refractivity contribution in [1.29, 1.82) is 0 Å². The average Bonchev–Trinajstić information content (AvgIpc) is 2.49. The van der Waals surface area contributed by atoms with Crippen molar-refractivity contribution in [2.45, 2.75) is 38.6 Å². The van der Waals surface area contributed by atoms with Crippen molar-refractivity contribution >= 4 is 11.6 Å². The van der Waals surface area contributed by atoms with Crippen molar-refractivity contribution in [2.75, 3.05) is 18.5 Å². The second kappa shape index (κ2) is 7.88. The molecule has 5 nitrogen and oxygen atoms in total. The first-order valence-corrected chi connectivity index (χ1v) is 7.67. The van der Waals surface area contributed by atoms with Crippen LogP contribution >= 0.6 is 0 Å². The highest BCUT2D eigenvalue weighted by Crippen LogP contribution is 2.25. The minimum Gasteiger partial charge on any atom is -0.506 e. The molecule has 0 heterocycles. The van der Waals surface area contributed by atoms with Gasteiger partial charge in [0, 0.05) is 6.04 Å². The van der Waals surface area contributed by atoms with Gasteiger partial charge in [-0.15, -0.1) is 0 Å². The zero-order chi connectivity index (χ0) is 15.1. The molecular weight excluding hydrogens is 266 g/mol. The lowest BCUT2D eigenvalue weighted by molar-refractivity contribution is 0.302. The molecule has 1 saturated carbocycles. The zero-order valence-electron chi connectivity index (χ0n) is 12.5. The third-order valence-corrected chi connectivity index (χ3v) is 3.96. The normalized spacial score (nSPS) is 22.9. The standard InChI is InChI=1S/C16H25N3O2/c1-12-6-2-3-7-13(12)18-16(17-10-11-20)19-14-8-4-5-9-15(14)21/h4-5,8-9,12-13,20-21H,2-3,6-7,10-11H2,1H3,(H2,17,18,19). The molecule has 2 rings (SSSR count). The van der Waals surface area contributed by atoms with Gasteiger partial charge in [-0.25, -0.2) is 0 Å². The van der Waals surface area contributed by atoms with Crippen LogP contribution in [-0.4, -0.2) is 35.4 Å². The molecule has 2 atom stereocenters. The van der Waals surface area contributed by atoms with Gasteiger partial charge in [0.05, 0.1) is 18.8 Å². The van der Waals surface area contributed by atoms with E-state index in [-0.39, 0.29) is 12.4 Å². The number of phenols is 1. The molecule has 21 heavy (non-hydrogen) atoms. The second-order valence-electron chi connectivity index (χ2n) is 5.61. The van der Waals surface area contributed by atoms with E-state index in [1.54, 1.807) is 18.2 Å². The first-order valence-electron chi connectivity index (χ1n) is 7.67. The van der Waals surface area contributed by atoms with Crippen molar-refractivity contribution in [2.24, 2.45) is 10.9 Å². The van der Waals surface area contributed by atoms with Gasteiger partial charge in [0.2, 0.25) is 0 Å². The van der Waals surface area contributed by atoms with Crippen molar-refractivity contribution in [3.05, 3.63) is 24.3 Å². The fourth-order valence-corrected chi connectivity index (χ4v) is 2.70. The lowest BCUT2D eigenvalue weighted by Crippen LogP contribution is -2.44. The van der Waals surface area contributed by atoms with Crippen molar-refractivity contribution in [3.8, 4) is 5.75 Å². The van der Waals surface area contributed by atoms with Crippen LogP contribution in [0.3, 0.4) is 0 Å². The summed E-state index contributed by atoms with van der Waals surface area (Å²) in [5.41, 5.74) is 0.616. The van der Waals surface area contributed by atoms with Crippen LogP contribution < -0.4 is 10.6 Å². The molecule has 0 bridgehead atoms. The molecule has 116 valence electrons. The van der Waals surface area contributed by atoms with Gasteiger partial charge in [0.1, 0.15) is 5.75 Å². The Morgan fingerprint density at radius 3 is 2.76 bits per heavy atom. The second-order valence-corrected chi connectivity index (χ2v) is 5.61. The fourth-order valence-electron chi connectivity index (χ4n) is 2.70. The molecule has 0 aliphatic heterocycles. The first-order chi connectivity index (χ1) is 10.2. The summed E-state index contributed by atoms with van der Waals surface area (Å²) in [5.74, 6) is 1.40. The molecule has 0 aromatic heterocycles. The molecule has 1 aromatic carbocycles. The number of hydrogen-bond donors (Lipinski definition) is 4. The van der Waals surface area contributed by atoms with Crippen LogP contribution in [0.15, 0.2) is 29.3 Å². The third-order valence-electron chi connectivity index (χ3n) is 3.96. The van der Waals surface area contributed by atoms with Crippen molar-refractivity contribution in [1.82, 2.24) is 5.32 Å². The molecule has 1 fully saturated rings. The number of benzene rings is 1. The quantitative estimate of drug-likeness (QED) is 0.390. The molecule has 0 amide bonds. The summed E-state index contributed by atoms with van der Waals surface area (Å²) in [5, 5.41) is 25.4. The van der Waals surface area contributed by atoms with E-state index in [1.165, 1.54) is 19.3 Å². The molecule has 0 spiro atoms. The number of nitrogens with zero attached hydrogens (tertiary/aromatic N) is 1. The molecule has 0 radical (unpaired) electrons. The largest absolute Gasteiger partial charge is 0.506 e. The number of nitrogens with one attached hydrogen (secondary N) is 2. The van der Waals surface area contributed by atoms with Gasteiger partial charge in [-0.3, -0.25) is 4.99 Å². The van der Waals surface area contributed by atoms with Crippen LogP contribution in [0.1, 0.15) is 32.6 Å². The minimum absolute atomic E-state index is 0.00779. The number of hydrogen-bond acceptors (Lipinski definition) is 3. The number of anilines is 1. The Hall–Kier alpha value is -1.75. The number of aromatic hydroxyl groups is 1. The predicted octanol–water partition coefficient (Wildman–Crippen LogP) is 2.32. The molecular formula is C16H25N3O2. The highest BCUT2D eigenvalue weighted by atomic mass is 16.3.